The molecule has 0 spiro atoms. The first-order valence-corrected chi connectivity index (χ1v) is 10.1. The van der Waals surface area contributed by atoms with Crippen LogP contribution in [0.1, 0.15) is 22.6 Å². The highest BCUT2D eigenvalue weighted by Crippen LogP contribution is 2.29. The molecule has 7 nitrogen and oxygen atoms in total. The van der Waals surface area contributed by atoms with Gasteiger partial charge in [0.05, 0.1) is 17.5 Å². The van der Waals surface area contributed by atoms with Gasteiger partial charge in [0.1, 0.15) is 18.8 Å². The molecule has 0 amide bonds. The minimum absolute atomic E-state index is 0.120. The van der Waals surface area contributed by atoms with Gasteiger partial charge in [0, 0.05) is 19.7 Å². The Bertz CT molecular complexity index is 1150. The molecule has 31 heavy (non-hydrogen) atoms. The Hall–Kier alpha value is -3.46. The second-order valence-electron chi connectivity index (χ2n) is 7.09. The molecule has 0 saturated heterocycles. The minimum atomic E-state index is -0.316. The highest BCUT2D eigenvalue weighted by atomic mass is 32.1. The number of halogens is 1. The van der Waals surface area contributed by atoms with Crippen molar-refractivity contribution >= 4 is 28.8 Å². The summed E-state index contributed by atoms with van der Waals surface area (Å²) in [6.07, 6.45) is 6.92. The Balaban J connectivity index is 1.37. The maximum absolute atomic E-state index is 13.3. The number of carbonyl (C=O) groups is 1. The number of hydrogen-bond donors (Lipinski definition) is 0. The van der Waals surface area contributed by atoms with Gasteiger partial charge in [-0.15, -0.1) is 5.10 Å². The monoisotopic (exact) mass is 437 g/mol. The number of thiocarbonyl (C=S) groups is 1. The average molecular weight is 438 g/mol. The molecule has 3 heterocycles. The van der Waals surface area contributed by atoms with Crippen molar-refractivity contribution in [2.75, 3.05) is 18.6 Å². The Morgan fingerprint density at radius 3 is 3.03 bits per heavy atom. The van der Waals surface area contributed by atoms with Gasteiger partial charge >= 0.3 is 0 Å². The van der Waals surface area contributed by atoms with Crippen LogP contribution in [0.4, 0.5) is 10.2 Å². The number of aromatic nitrogens is 4. The van der Waals surface area contributed by atoms with Crippen LogP contribution in [-0.2, 0) is 6.54 Å². The van der Waals surface area contributed by atoms with Crippen LogP contribution in [0.2, 0.25) is 0 Å². The molecule has 158 valence electrons. The lowest BCUT2D eigenvalue weighted by molar-refractivity contribution is 0.0985. The van der Waals surface area contributed by atoms with Crippen LogP contribution in [0.3, 0.4) is 0 Å². The fourth-order valence-electron chi connectivity index (χ4n) is 3.24. The van der Waals surface area contributed by atoms with Gasteiger partial charge in [0.2, 0.25) is 11.6 Å². The molecule has 0 N–H and O–H groups in total. The summed E-state index contributed by atoms with van der Waals surface area (Å²) in [7, 11) is 1.85. The fourth-order valence-corrected chi connectivity index (χ4v) is 3.47. The van der Waals surface area contributed by atoms with Gasteiger partial charge in [-0.05, 0) is 29.8 Å². The molecule has 1 aromatic carbocycles. The number of ketones is 1. The predicted octanol–water partition coefficient (Wildman–Crippen LogP) is 3.46. The van der Waals surface area contributed by atoms with Crippen LogP contribution < -0.4 is 9.64 Å². The molecule has 1 aliphatic heterocycles. The fraction of sp³-hybridized carbons (Fsp3) is 0.227. The Labute approximate surface area is 184 Å². The van der Waals surface area contributed by atoms with E-state index in [1.807, 2.05) is 30.2 Å². The van der Waals surface area contributed by atoms with Crippen molar-refractivity contribution in [2.45, 2.75) is 13.0 Å². The first kappa shape index (κ1) is 20.8. The lowest BCUT2D eigenvalue weighted by Crippen LogP contribution is -2.31. The largest absolute Gasteiger partial charge is 0.489 e. The zero-order valence-electron chi connectivity index (χ0n) is 16.8. The van der Waals surface area contributed by atoms with Crippen molar-refractivity contribution in [1.29, 1.82) is 0 Å². The van der Waals surface area contributed by atoms with Crippen LogP contribution in [-0.4, -0.2) is 44.2 Å². The van der Waals surface area contributed by atoms with E-state index in [4.69, 9.17) is 17.0 Å². The number of fused-ring (bicyclic) bond motifs is 1. The lowest BCUT2D eigenvalue weighted by Gasteiger charge is -2.19. The third-order valence-electron chi connectivity index (χ3n) is 4.83. The topological polar surface area (TPSA) is 73.1 Å². The summed E-state index contributed by atoms with van der Waals surface area (Å²) in [5.74, 6) is 0.770. The average Bonchev–Trinajstić information content (AvgIpc) is 3.19. The molecular weight excluding hydrogens is 417 g/mol. The third-order valence-corrected chi connectivity index (χ3v) is 5.40. The van der Waals surface area contributed by atoms with E-state index in [2.05, 4.69) is 15.1 Å². The summed E-state index contributed by atoms with van der Waals surface area (Å²) in [6.45, 7) is 0.704. The minimum Gasteiger partial charge on any atom is -0.489 e. The number of carbonyl (C=O) groups excluding carboxylic acids is 1. The number of benzene rings is 1. The maximum Gasteiger partial charge on any atom is 0.217 e. The number of anilines is 1. The van der Waals surface area contributed by atoms with E-state index < -0.39 is 0 Å². The SMILES string of the molecule is CN1C(=S)[C@@H](/C=C/CC(=O)c2ncn(Cc3cccc(F)c3)n2)COc2cccnc21. The molecule has 4 rings (SSSR count). The van der Waals surface area contributed by atoms with E-state index in [-0.39, 0.29) is 29.8 Å². The van der Waals surface area contributed by atoms with Gasteiger partial charge in [-0.2, -0.15) is 0 Å². The van der Waals surface area contributed by atoms with Crippen LogP contribution in [0.15, 0.2) is 61.1 Å². The molecule has 0 fully saturated rings. The van der Waals surface area contributed by atoms with E-state index in [1.54, 1.807) is 24.4 Å². The van der Waals surface area contributed by atoms with Crippen molar-refractivity contribution in [2.24, 2.45) is 5.92 Å². The number of ether oxygens (including phenoxy) is 1. The van der Waals surface area contributed by atoms with Crippen molar-refractivity contribution in [3.05, 3.63) is 78.3 Å². The Morgan fingerprint density at radius 2 is 2.19 bits per heavy atom. The molecule has 1 atom stereocenters. The van der Waals surface area contributed by atoms with Crippen LogP contribution in [0.25, 0.3) is 0 Å². The quantitative estimate of drug-likeness (QED) is 0.332. The number of allylic oxidation sites excluding steroid dienone is 1. The van der Waals surface area contributed by atoms with E-state index in [1.165, 1.54) is 23.1 Å². The summed E-state index contributed by atoms with van der Waals surface area (Å²) in [5, 5.41) is 4.20. The van der Waals surface area contributed by atoms with Crippen LogP contribution in [0, 0.1) is 11.7 Å². The summed E-state index contributed by atoms with van der Waals surface area (Å²) in [5.41, 5.74) is 0.741. The molecule has 0 unspecified atom stereocenters. The molecule has 0 bridgehead atoms. The van der Waals surface area contributed by atoms with Crippen LogP contribution in [0.5, 0.6) is 5.75 Å². The standard InChI is InChI=1S/C22H20FN5O2S/c1-27-21-19(9-4-10-24-21)30-13-16(22(27)31)6-3-8-18(29)20-25-14-28(26-20)12-15-5-2-7-17(23)11-15/h2-7,9-11,14,16H,8,12-13H2,1H3/b6-3+/t16-/m0/s1. The zero-order valence-corrected chi connectivity index (χ0v) is 17.6. The molecule has 0 saturated carbocycles. The molecule has 3 aromatic rings. The molecule has 0 radical (unpaired) electrons. The molecular formula is C22H20FN5O2S. The van der Waals surface area contributed by atoms with Crippen LogP contribution >= 0.6 is 12.2 Å². The number of nitrogens with zero attached hydrogens (tertiary/aromatic N) is 5. The van der Waals surface area contributed by atoms with Gasteiger partial charge in [0.15, 0.2) is 11.6 Å². The highest BCUT2D eigenvalue weighted by Gasteiger charge is 2.25. The van der Waals surface area contributed by atoms with Gasteiger partial charge in [-0.3, -0.25) is 4.79 Å². The normalized spacial score (nSPS) is 16.1. The first-order valence-electron chi connectivity index (χ1n) is 9.70. The summed E-state index contributed by atoms with van der Waals surface area (Å²) >= 11 is 5.57. The van der Waals surface area contributed by atoms with Gasteiger partial charge in [-0.25, -0.2) is 19.0 Å². The Morgan fingerprint density at radius 1 is 1.32 bits per heavy atom. The second-order valence-corrected chi connectivity index (χ2v) is 7.51. The van der Waals surface area contributed by atoms with E-state index in [0.717, 1.165) is 5.56 Å². The van der Waals surface area contributed by atoms with Crippen molar-refractivity contribution in [1.82, 2.24) is 19.7 Å². The lowest BCUT2D eigenvalue weighted by atomic mass is 10.1. The molecule has 2 aromatic heterocycles. The molecule has 9 heteroatoms. The number of pyridine rings is 1. The summed E-state index contributed by atoms with van der Waals surface area (Å²) in [4.78, 5) is 23.4. The Kier molecular flexibility index (Phi) is 6.13. The van der Waals surface area contributed by atoms with Crippen molar-refractivity contribution in [3.63, 3.8) is 0 Å². The summed E-state index contributed by atoms with van der Waals surface area (Å²) in [6, 6.07) is 9.88. The van der Waals surface area contributed by atoms with Gasteiger partial charge in [-0.1, -0.05) is 36.5 Å². The second kappa shape index (κ2) is 9.13. The van der Waals surface area contributed by atoms with E-state index >= 15 is 0 Å². The predicted molar refractivity (Wildman–Crippen MR) is 118 cm³/mol. The number of hydrogen-bond acceptors (Lipinski definition) is 6. The van der Waals surface area contributed by atoms with Gasteiger partial charge < -0.3 is 9.64 Å². The molecule has 1 aliphatic rings. The van der Waals surface area contributed by atoms with Crippen molar-refractivity contribution < 1.29 is 13.9 Å². The zero-order chi connectivity index (χ0) is 21.8. The van der Waals surface area contributed by atoms with E-state index in [0.29, 0.717) is 29.7 Å². The number of rotatable bonds is 6. The summed E-state index contributed by atoms with van der Waals surface area (Å²) < 4.78 is 20.7. The van der Waals surface area contributed by atoms with Gasteiger partial charge in [0.25, 0.3) is 0 Å². The maximum atomic E-state index is 13.3. The highest BCUT2D eigenvalue weighted by molar-refractivity contribution is 7.80. The van der Waals surface area contributed by atoms with E-state index in [9.17, 15) is 9.18 Å². The van der Waals surface area contributed by atoms with Crippen molar-refractivity contribution in [3.8, 4) is 5.75 Å². The first-order chi connectivity index (χ1) is 15.0. The molecule has 0 aliphatic carbocycles. The smallest absolute Gasteiger partial charge is 0.217 e. The third kappa shape index (κ3) is 4.83. The number of Topliss-reactive ketones (excluding diaryl/α,β-unsaturated/α-hetero) is 1.